The third kappa shape index (κ3) is 2.69. The number of aromatic nitrogens is 3. The van der Waals surface area contributed by atoms with Crippen LogP contribution in [0.4, 0.5) is 8.78 Å². The molecule has 2 aliphatic heterocycles. The number of hydrogen-bond acceptors (Lipinski definition) is 6. The van der Waals surface area contributed by atoms with Crippen LogP contribution in [0.2, 0.25) is 0 Å². The lowest BCUT2D eigenvalue weighted by atomic mass is 9.79. The number of pyridine rings is 1. The van der Waals surface area contributed by atoms with E-state index < -0.39 is 17.3 Å². The van der Waals surface area contributed by atoms with Crippen molar-refractivity contribution in [3.05, 3.63) is 90.3 Å². The minimum atomic E-state index is -1.04. The van der Waals surface area contributed by atoms with Crippen LogP contribution >= 0.6 is 0 Å². The summed E-state index contributed by atoms with van der Waals surface area (Å²) < 4.78 is 41.1. The second kappa shape index (κ2) is 6.91. The average molecular weight is 428 g/mol. The first-order valence-electron chi connectivity index (χ1n) is 9.84. The summed E-state index contributed by atoms with van der Waals surface area (Å²) in [5.41, 5.74) is 2.33. The molecule has 6 rings (SSSR count). The molecule has 1 spiro atoms. The van der Waals surface area contributed by atoms with E-state index in [-0.39, 0.29) is 12.4 Å². The highest BCUT2D eigenvalue weighted by Crippen LogP contribution is 2.53. The summed E-state index contributed by atoms with van der Waals surface area (Å²) in [6, 6.07) is 11.7. The van der Waals surface area contributed by atoms with Gasteiger partial charge in [0.2, 0.25) is 5.95 Å². The van der Waals surface area contributed by atoms with E-state index in [4.69, 9.17) is 9.47 Å². The zero-order valence-electron chi connectivity index (χ0n) is 16.5. The molecule has 32 heavy (non-hydrogen) atoms. The van der Waals surface area contributed by atoms with Crippen molar-refractivity contribution in [3.8, 4) is 33.8 Å². The molecule has 0 saturated heterocycles. The van der Waals surface area contributed by atoms with Crippen molar-refractivity contribution in [2.45, 2.75) is 5.54 Å². The van der Waals surface area contributed by atoms with E-state index in [9.17, 15) is 4.39 Å². The molecule has 156 valence electrons. The van der Waals surface area contributed by atoms with Gasteiger partial charge in [-0.1, -0.05) is 6.07 Å². The maximum Gasteiger partial charge on any atom is 0.220 e. The summed E-state index contributed by atoms with van der Waals surface area (Å²) in [6.07, 6.45) is 7.37. The summed E-state index contributed by atoms with van der Waals surface area (Å²) in [5, 5.41) is 0. The maximum absolute atomic E-state index is 15.2. The zero-order chi connectivity index (χ0) is 21.7. The van der Waals surface area contributed by atoms with Gasteiger partial charge in [-0.3, -0.25) is 0 Å². The van der Waals surface area contributed by atoms with Gasteiger partial charge in [0.05, 0.1) is 0 Å². The molecular weight excluding hydrogens is 414 g/mol. The Labute approximate surface area is 181 Å². The third-order valence-corrected chi connectivity index (χ3v) is 5.73. The number of rotatable bonds is 2. The zero-order valence-corrected chi connectivity index (χ0v) is 16.5. The summed E-state index contributed by atoms with van der Waals surface area (Å²) in [5.74, 6) is -0.595. The SMILES string of the molecule is Fc1cc(-c2cncnc2)cc2c1Oc1ccc(-c3cccnc3F)cc1[C@@]21COC=N1. The normalized spacial score (nSPS) is 18.1. The van der Waals surface area contributed by atoms with E-state index in [2.05, 4.69) is 19.9 Å². The second-order valence-corrected chi connectivity index (χ2v) is 7.52. The fourth-order valence-corrected chi connectivity index (χ4v) is 4.20. The molecule has 1 atom stereocenters. The van der Waals surface area contributed by atoms with Gasteiger partial charge in [0.1, 0.15) is 18.7 Å². The van der Waals surface area contributed by atoms with Crippen LogP contribution in [0.1, 0.15) is 11.1 Å². The summed E-state index contributed by atoms with van der Waals surface area (Å²) in [6.45, 7) is 0.156. The number of hydrogen-bond donors (Lipinski definition) is 0. The van der Waals surface area contributed by atoms with Crippen LogP contribution in [0.5, 0.6) is 11.5 Å². The van der Waals surface area contributed by atoms with E-state index in [1.807, 2.05) is 6.07 Å². The van der Waals surface area contributed by atoms with E-state index in [1.54, 1.807) is 42.7 Å². The molecule has 0 saturated carbocycles. The Bertz CT molecular complexity index is 1390. The van der Waals surface area contributed by atoms with E-state index in [0.29, 0.717) is 39.1 Å². The Hall–Kier alpha value is -4.20. The number of ether oxygens (including phenoxy) is 2. The van der Waals surface area contributed by atoms with E-state index in [0.717, 1.165) is 0 Å². The number of benzene rings is 2. The highest BCUT2D eigenvalue weighted by molar-refractivity contribution is 5.73. The van der Waals surface area contributed by atoms with Crippen LogP contribution < -0.4 is 4.74 Å². The molecule has 0 fully saturated rings. The lowest BCUT2D eigenvalue weighted by Gasteiger charge is -2.34. The molecule has 0 N–H and O–H groups in total. The van der Waals surface area contributed by atoms with Gasteiger partial charge in [-0.2, -0.15) is 4.39 Å². The van der Waals surface area contributed by atoms with Gasteiger partial charge in [0.15, 0.2) is 23.5 Å². The fraction of sp³-hybridized carbons (Fsp3) is 0.0833. The van der Waals surface area contributed by atoms with Crippen molar-refractivity contribution in [3.63, 3.8) is 0 Å². The van der Waals surface area contributed by atoms with Crippen molar-refractivity contribution in [1.82, 2.24) is 15.0 Å². The number of halogens is 2. The molecule has 0 amide bonds. The molecule has 2 aromatic heterocycles. The molecule has 4 aromatic rings. The second-order valence-electron chi connectivity index (χ2n) is 7.52. The van der Waals surface area contributed by atoms with Gasteiger partial charge < -0.3 is 9.47 Å². The van der Waals surface area contributed by atoms with Crippen LogP contribution in [0.3, 0.4) is 0 Å². The van der Waals surface area contributed by atoms with Gasteiger partial charge in [-0.05, 0) is 47.5 Å². The molecule has 6 nitrogen and oxygen atoms in total. The highest BCUT2D eigenvalue weighted by atomic mass is 19.1. The largest absolute Gasteiger partial charge is 0.480 e. The molecule has 2 aromatic carbocycles. The molecule has 0 bridgehead atoms. The molecule has 0 unspecified atom stereocenters. The molecule has 8 heteroatoms. The van der Waals surface area contributed by atoms with Gasteiger partial charge in [0.25, 0.3) is 0 Å². The quantitative estimate of drug-likeness (QED) is 0.425. The summed E-state index contributed by atoms with van der Waals surface area (Å²) >= 11 is 0. The fourth-order valence-electron chi connectivity index (χ4n) is 4.20. The van der Waals surface area contributed by atoms with E-state index >= 15 is 4.39 Å². The number of nitrogens with zero attached hydrogens (tertiary/aromatic N) is 4. The minimum Gasteiger partial charge on any atom is -0.480 e. The monoisotopic (exact) mass is 428 g/mol. The van der Waals surface area contributed by atoms with Crippen LogP contribution in [0, 0.1) is 11.8 Å². The Balaban J connectivity index is 1.57. The molecule has 2 aliphatic rings. The lowest BCUT2D eigenvalue weighted by Crippen LogP contribution is -2.31. The van der Waals surface area contributed by atoms with Gasteiger partial charge in [-0.15, -0.1) is 0 Å². The summed E-state index contributed by atoms with van der Waals surface area (Å²) in [4.78, 5) is 16.4. The third-order valence-electron chi connectivity index (χ3n) is 5.73. The smallest absolute Gasteiger partial charge is 0.220 e. The first-order chi connectivity index (χ1) is 15.7. The number of fused-ring (bicyclic) bond motifs is 4. The molecule has 4 heterocycles. The Morgan fingerprint density at radius 3 is 2.53 bits per heavy atom. The molecular formula is C24H14F2N4O2. The standard InChI is InChI=1S/C24H14F2N4O2/c25-20-8-15(16-9-27-12-28-10-16)7-19-22(20)32-21-4-3-14(17-2-1-5-29-23(17)26)6-18(21)24(19)11-31-13-30-24/h1-10,12-13H,11H2/t24-/m0/s1. The minimum absolute atomic E-state index is 0.0843. The van der Waals surface area contributed by atoms with Crippen molar-refractivity contribution >= 4 is 6.40 Å². The van der Waals surface area contributed by atoms with Crippen LogP contribution in [0.15, 0.2) is 72.4 Å². The first-order valence-corrected chi connectivity index (χ1v) is 9.84. The lowest BCUT2D eigenvalue weighted by molar-refractivity contribution is 0.270. The van der Waals surface area contributed by atoms with Crippen LogP contribution in [-0.2, 0) is 10.3 Å². The maximum atomic E-state index is 15.2. The predicted octanol–water partition coefficient (Wildman–Crippen LogP) is 4.89. The van der Waals surface area contributed by atoms with Gasteiger partial charge in [-0.25, -0.2) is 24.3 Å². The Morgan fingerprint density at radius 1 is 0.906 bits per heavy atom. The van der Waals surface area contributed by atoms with Crippen molar-refractivity contribution in [1.29, 1.82) is 0 Å². The van der Waals surface area contributed by atoms with Gasteiger partial charge in [0, 0.05) is 40.8 Å². The molecule has 0 radical (unpaired) electrons. The van der Waals surface area contributed by atoms with Crippen LogP contribution in [0.25, 0.3) is 22.3 Å². The first kappa shape index (κ1) is 18.6. The van der Waals surface area contributed by atoms with Crippen molar-refractivity contribution in [2.75, 3.05) is 6.61 Å². The Kier molecular flexibility index (Phi) is 4.01. The van der Waals surface area contributed by atoms with Crippen molar-refractivity contribution in [2.24, 2.45) is 4.99 Å². The molecule has 0 aliphatic carbocycles. The summed E-state index contributed by atoms with van der Waals surface area (Å²) in [7, 11) is 0. The average Bonchev–Trinajstić information content (AvgIpc) is 3.31. The van der Waals surface area contributed by atoms with Crippen LogP contribution in [-0.4, -0.2) is 28.0 Å². The topological polar surface area (TPSA) is 69.5 Å². The Morgan fingerprint density at radius 2 is 1.75 bits per heavy atom. The van der Waals surface area contributed by atoms with E-state index in [1.165, 1.54) is 25.0 Å². The highest BCUT2D eigenvalue weighted by Gasteiger charge is 2.46. The predicted molar refractivity (Wildman–Crippen MR) is 112 cm³/mol. The number of aliphatic imine (C=N–C) groups is 1. The van der Waals surface area contributed by atoms with Gasteiger partial charge >= 0.3 is 0 Å². The van der Waals surface area contributed by atoms with Crippen molar-refractivity contribution < 1.29 is 18.3 Å².